The van der Waals surface area contributed by atoms with Gasteiger partial charge in [-0.2, -0.15) is 0 Å². The normalized spacial score (nSPS) is 13.7. The molecule has 20 heavy (non-hydrogen) atoms. The van der Waals surface area contributed by atoms with Gasteiger partial charge >= 0.3 is 0 Å². The molecule has 0 spiro atoms. The van der Waals surface area contributed by atoms with Gasteiger partial charge in [0.1, 0.15) is 16.8 Å². The summed E-state index contributed by atoms with van der Waals surface area (Å²) in [7, 11) is 4.16. The molecular formula is C15H27ClN4. The van der Waals surface area contributed by atoms with E-state index in [2.05, 4.69) is 62.0 Å². The summed E-state index contributed by atoms with van der Waals surface area (Å²) in [4.78, 5) is 11.2. The van der Waals surface area contributed by atoms with Gasteiger partial charge in [-0.25, -0.2) is 9.97 Å². The van der Waals surface area contributed by atoms with Crippen molar-refractivity contribution in [1.29, 1.82) is 0 Å². The molecule has 1 aromatic rings. The minimum absolute atomic E-state index is 0.110. The summed E-state index contributed by atoms with van der Waals surface area (Å²) in [5.41, 5.74) is 0.803. The van der Waals surface area contributed by atoms with Gasteiger partial charge in [-0.15, -0.1) is 0 Å². The second-order valence-corrected chi connectivity index (χ2v) is 7.06. The molecule has 0 bridgehead atoms. The monoisotopic (exact) mass is 298 g/mol. The Morgan fingerprint density at radius 2 is 1.85 bits per heavy atom. The molecule has 1 rings (SSSR count). The number of rotatable bonds is 5. The Bertz CT molecular complexity index is 452. The molecule has 0 radical (unpaired) electrons. The fourth-order valence-corrected chi connectivity index (χ4v) is 1.89. The van der Waals surface area contributed by atoms with Crippen LogP contribution in [0, 0.1) is 6.92 Å². The first-order valence-electron chi connectivity index (χ1n) is 7.07. The minimum Gasteiger partial charge on any atom is -0.367 e. The molecule has 1 unspecified atom stereocenters. The first kappa shape index (κ1) is 17.2. The van der Waals surface area contributed by atoms with Gasteiger partial charge < -0.3 is 10.2 Å². The number of anilines is 1. The van der Waals surface area contributed by atoms with Crippen LogP contribution in [-0.4, -0.2) is 41.5 Å². The van der Waals surface area contributed by atoms with E-state index in [-0.39, 0.29) is 5.41 Å². The van der Waals surface area contributed by atoms with Crippen LogP contribution in [0.2, 0.25) is 5.15 Å². The summed E-state index contributed by atoms with van der Waals surface area (Å²) in [6.45, 7) is 11.4. The topological polar surface area (TPSA) is 41.1 Å². The minimum atomic E-state index is -0.110. The Labute approximate surface area is 127 Å². The van der Waals surface area contributed by atoms with Crippen LogP contribution in [0.5, 0.6) is 0 Å². The third kappa shape index (κ3) is 4.91. The predicted octanol–water partition coefficient (Wildman–Crippen LogP) is 3.49. The quantitative estimate of drug-likeness (QED) is 0.845. The van der Waals surface area contributed by atoms with Crippen molar-refractivity contribution >= 4 is 17.4 Å². The zero-order valence-electron chi connectivity index (χ0n) is 13.7. The molecule has 0 aliphatic heterocycles. The van der Waals surface area contributed by atoms with Crippen molar-refractivity contribution in [3.05, 3.63) is 16.5 Å². The highest BCUT2D eigenvalue weighted by Crippen LogP contribution is 2.26. The molecule has 1 aromatic heterocycles. The molecule has 0 saturated carbocycles. The summed E-state index contributed by atoms with van der Waals surface area (Å²) in [6, 6.07) is 0.342. The third-order valence-corrected chi connectivity index (χ3v) is 3.52. The highest BCUT2D eigenvalue weighted by atomic mass is 35.5. The number of hydrogen-bond donors (Lipinski definition) is 1. The third-order valence-electron chi connectivity index (χ3n) is 3.15. The van der Waals surface area contributed by atoms with Crippen LogP contribution in [-0.2, 0) is 5.41 Å². The van der Waals surface area contributed by atoms with Crippen molar-refractivity contribution in [2.45, 2.75) is 52.5 Å². The van der Waals surface area contributed by atoms with Gasteiger partial charge in [-0.05, 0) is 40.9 Å². The molecule has 0 aromatic carbocycles. The van der Waals surface area contributed by atoms with E-state index in [1.165, 1.54) is 0 Å². The van der Waals surface area contributed by atoms with Gasteiger partial charge in [0.25, 0.3) is 0 Å². The molecule has 1 heterocycles. The van der Waals surface area contributed by atoms with Crippen LogP contribution in [0.4, 0.5) is 5.82 Å². The lowest BCUT2D eigenvalue weighted by Gasteiger charge is -2.22. The first-order chi connectivity index (χ1) is 9.11. The molecule has 114 valence electrons. The lowest BCUT2D eigenvalue weighted by molar-refractivity contribution is 0.390. The van der Waals surface area contributed by atoms with E-state index in [1.807, 2.05) is 6.92 Å². The smallest absolute Gasteiger partial charge is 0.137 e. The van der Waals surface area contributed by atoms with Gasteiger partial charge in [0.2, 0.25) is 0 Å². The van der Waals surface area contributed by atoms with E-state index in [4.69, 9.17) is 11.6 Å². The summed E-state index contributed by atoms with van der Waals surface area (Å²) < 4.78 is 0. The van der Waals surface area contributed by atoms with Gasteiger partial charge in [-0.1, -0.05) is 32.4 Å². The lowest BCUT2D eigenvalue weighted by Crippen LogP contribution is -2.25. The summed E-state index contributed by atoms with van der Waals surface area (Å²) >= 11 is 6.24. The van der Waals surface area contributed by atoms with E-state index < -0.39 is 0 Å². The largest absolute Gasteiger partial charge is 0.367 e. The van der Waals surface area contributed by atoms with E-state index >= 15 is 0 Å². The van der Waals surface area contributed by atoms with Gasteiger partial charge in [0.15, 0.2) is 0 Å². The average Bonchev–Trinajstić information content (AvgIpc) is 2.30. The fraction of sp³-hybridized carbons (Fsp3) is 0.733. The van der Waals surface area contributed by atoms with Crippen molar-refractivity contribution in [3.63, 3.8) is 0 Å². The molecule has 1 atom stereocenters. The molecule has 0 aliphatic carbocycles. The van der Waals surface area contributed by atoms with Crippen LogP contribution >= 0.6 is 11.6 Å². The maximum atomic E-state index is 6.24. The van der Waals surface area contributed by atoms with Crippen molar-refractivity contribution in [3.8, 4) is 0 Å². The molecule has 1 N–H and O–H groups in total. The van der Waals surface area contributed by atoms with Crippen molar-refractivity contribution in [2.75, 3.05) is 26.0 Å². The van der Waals surface area contributed by atoms with Crippen LogP contribution in [0.25, 0.3) is 0 Å². The molecule has 4 nitrogen and oxygen atoms in total. The van der Waals surface area contributed by atoms with Gasteiger partial charge in [0, 0.05) is 17.0 Å². The Hall–Kier alpha value is -0.870. The fourth-order valence-electron chi connectivity index (χ4n) is 1.72. The van der Waals surface area contributed by atoms with E-state index in [1.54, 1.807) is 0 Å². The maximum Gasteiger partial charge on any atom is 0.137 e. The molecule has 0 amide bonds. The number of nitrogens with one attached hydrogen (secondary N) is 1. The predicted molar refractivity (Wildman–Crippen MR) is 86.7 cm³/mol. The Morgan fingerprint density at radius 1 is 1.25 bits per heavy atom. The zero-order valence-corrected chi connectivity index (χ0v) is 14.5. The lowest BCUT2D eigenvalue weighted by atomic mass is 9.95. The van der Waals surface area contributed by atoms with Crippen LogP contribution in [0.15, 0.2) is 0 Å². The highest BCUT2D eigenvalue weighted by Gasteiger charge is 2.21. The second kappa shape index (κ2) is 6.72. The average molecular weight is 299 g/mol. The van der Waals surface area contributed by atoms with E-state index in [9.17, 15) is 0 Å². The summed E-state index contributed by atoms with van der Waals surface area (Å²) in [5, 5.41) is 3.99. The van der Waals surface area contributed by atoms with Crippen LogP contribution in [0.3, 0.4) is 0 Å². The number of aromatic nitrogens is 2. The maximum absolute atomic E-state index is 6.24. The van der Waals surface area contributed by atoms with Crippen molar-refractivity contribution in [2.24, 2.45) is 0 Å². The SMILES string of the molecule is Cc1c(Cl)nc(C(C)(C)C)nc1NC(C)CCN(C)C. The number of hydrogen-bond acceptors (Lipinski definition) is 4. The first-order valence-corrected chi connectivity index (χ1v) is 7.45. The molecular weight excluding hydrogens is 272 g/mol. The van der Waals surface area contributed by atoms with Gasteiger partial charge in [0.05, 0.1) is 0 Å². The Balaban J connectivity index is 2.91. The molecule has 0 fully saturated rings. The highest BCUT2D eigenvalue weighted by molar-refractivity contribution is 6.30. The van der Waals surface area contributed by atoms with Crippen molar-refractivity contribution < 1.29 is 0 Å². The van der Waals surface area contributed by atoms with Crippen LogP contribution < -0.4 is 5.32 Å². The summed E-state index contributed by atoms with van der Waals surface area (Å²) in [5.74, 6) is 1.62. The summed E-state index contributed by atoms with van der Waals surface area (Å²) in [6.07, 6.45) is 1.05. The van der Waals surface area contributed by atoms with Crippen LogP contribution in [0.1, 0.15) is 45.5 Å². The number of nitrogens with zero attached hydrogens (tertiary/aromatic N) is 3. The zero-order chi connectivity index (χ0) is 15.5. The molecule has 0 aliphatic rings. The Kier molecular flexibility index (Phi) is 5.78. The standard InChI is InChI=1S/C15H27ClN4/c1-10(8-9-20(6)7)17-13-11(2)12(16)18-14(19-13)15(3,4)5/h10H,8-9H2,1-7H3,(H,17,18,19). The molecule has 0 saturated heterocycles. The second-order valence-electron chi connectivity index (χ2n) is 6.70. The van der Waals surface area contributed by atoms with E-state index in [0.717, 1.165) is 30.2 Å². The Morgan fingerprint density at radius 3 is 2.35 bits per heavy atom. The van der Waals surface area contributed by atoms with Gasteiger partial charge in [-0.3, -0.25) is 0 Å². The van der Waals surface area contributed by atoms with Crippen molar-refractivity contribution in [1.82, 2.24) is 14.9 Å². The van der Waals surface area contributed by atoms with E-state index in [0.29, 0.717) is 11.2 Å². The number of halogens is 1. The molecule has 5 heteroatoms.